The van der Waals surface area contributed by atoms with Crippen molar-refractivity contribution in [3.05, 3.63) is 29.8 Å². The van der Waals surface area contributed by atoms with Crippen LogP contribution >= 0.6 is 12.6 Å². The molecule has 0 aliphatic carbocycles. The van der Waals surface area contributed by atoms with Crippen LogP contribution in [0.15, 0.2) is 29.2 Å². The lowest BCUT2D eigenvalue weighted by Crippen LogP contribution is -1.78. The zero-order chi connectivity index (χ0) is 6.97. The summed E-state index contributed by atoms with van der Waals surface area (Å²) >= 11 is 4.22. The molecule has 0 bridgehead atoms. The maximum absolute atomic E-state index is 5.12. The Hall–Kier alpha value is -0.470. The second-order valence-electron chi connectivity index (χ2n) is 2.42. The molecule has 1 aromatic carbocycles. The minimum absolute atomic E-state index is 0.354. The van der Waals surface area contributed by atoms with Crippen LogP contribution in [0.2, 0.25) is 0 Å². The van der Waals surface area contributed by atoms with Crippen LogP contribution < -0.4 is 0 Å². The zero-order valence-electron chi connectivity index (χ0n) is 5.45. The Kier molecular flexibility index (Phi) is 1.43. The molecule has 0 radical (unpaired) electrons. The summed E-state index contributed by atoms with van der Waals surface area (Å²) in [7, 11) is 0. The van der Waals surface area contributed by atoms with Crippen molar-refractivity contribution in [1.29, 1.82) is 0 Å². The number of thiol groups is 1. The second kappa shape index (κ2) is 2.29. The van der Waals surface area contributed by atoms with Gasteiger partial charge in [0.2, 0.25) is 0 Å². The number of hydrogen-bond donors (Lipinski definition) is 1. The molecule has 1 aromatic rings. The van der Waals surface area contributed by atoms with Crippen LogP contribution in [0, 0.1) is 0 Å². The summed E-state index contributed by atoms with van der Waals surface area (Å²) in [6.07, 6.45) is 0.354. The molecule has 1 unspecified atom stereocenters. The highest BCUT2D eigenvalue weighted by Crippen LogP contribution is 2.30. The van der Waals surface area contributed by atoms with Gasteiger partial charge in [0, 0.05) is 4.90 Å². The third-order valence-electron chi connectivity index (χ3n) is 1.58. The van der Waals surface area contributed by atoms with Crippen LogP contribution in [0.25, 0.3) is 0 Å². The largest absolute Gasteiger partial charge is 0.368 e. The van der Waals surface area contributed by atoms with E-state index in [2.05, 4.69) is 18.7 Å². The molecular formula is C8H8OS. The minimum atomic E-state index is 0.354. The van der Waals surface area contributed by atoms with E-state index in [9.17, 15) is 0 Å². The van der Waals surface area contributed by atoms with Crippen LogP contribution in [0.4, 0.5) is 0 Å². The summed E-state index contributed by atoms with van der Waals surface area (Å²) in [6, 6.07) is 8.08. The van der Waals surface area contributed by atoms with Crippen LogP contribution in [0.5, 0.6) is 0 Å². The van der Waals surface area contributed by atoms with Crippen molar-refractivity contribution in [2.75, 3.05) is 6.61 Å². The SMILES string of the molecule is Sc1cccc(C2CO2)c1. The molecule has 1 aliphatic rings. The van der Waals surface area contributed by atoms with Crippen molar-refractivity contribution in [2.24, 2.45) is 0 Å². The van der Waals surface area contributed by atoms with Gasteiger partial charge in [-0.25, -0.2) is 0 Å². The van der Waals surface area contributed by atoms with Gasteiger partial charge in [-0.2, -0.15) is 0 Å². The predicted molar refractivity (Wildman–Crippen MR) is 42.4 cm³/mol. The van der Waals surface area contributed by atoms with Gasteiger partial charge in [0.15, 0.2) is 0 Å². The molecule has 2 heteroatoms. The molecule has 1 heterocycles. The van der Waals surface area contributed by atoms with Gasteiger partial charge in [0.1, 0.15) is 6.10 Å². The van der Waals surface area contributed by atoms with E-state index in [4.69, 9.17) is 4.74 Å². The van der Waals surface area contributed by atoms with Gasteiger partial charge in [0.25, 0.3) is 0 Å². The normalized spacial score (nSPS) is 22.7. The standard InChI is InChI=1S/C8H8OS/c10-7-3-1-2-6(4-7)8-5-9-8/h1-4,8,10H,5H2. The monoisotopic (exact) mass is 152 g/mol. The Morgan fingerprint density at radius 1 is 1.50 bits per heavy atom. The quantitative estimate of drug-likeness (QED) is 0.480. The van der Waals surface area contributed by atoms with Gasteiger partial charge in [-0.1, -0.05) is 12.1 Å². The third kappa shape index (κ3) is 1.18. The maximum atomic E-state index is 5.12. The van der Waals surface area contributed by atoms with E-state index in [1.165, 1.54) is 5.56 Å². The highest BCUT2D eigenvalue weighted by Gasteiger charge is 2.24. The van der Waals surface area contributed by atoms with E-state index < -0.39 is 0 Å². The lowest BCUT2D eigenvalue weighted by atomic mass is 10.2. The number of epoxide rings is 1. The van der Waals surface area contributed by atoms with Gasteiger partial charge in [-0.15, -0.1) is 12.6 Å². The van der Waals surface area contributed by atoms with Gasteiger partial charge in [0.05, 0.1) is 6.61 Å². The molecule has 1 fully saturated rings. The Labute approximate surface area is 65.4 Å². The van der Waals surface area contributed by atoms with E-state index in [-0.39, 0.29) is 0 Å². The zero-order valence-corrected chi connectivity index (χ0v) is 6.34. The van der Waals surface area contributed by atoms with Crippen molar-refractivity contribution in [2.45, 2.75) is 11.0 Å². The van der Waals surface area contributed by atoms with Gasteiger partial charge in [-0.05, 0) is 17.7 Å². The number of benzene rings is 1. The molecule has 0 N–H and O–H groups in total. The van der Waals surface area contributed by atoms with E-state index in [0.29, 0.717) is 6.10 Å². The van der Waals surface area contributed by atoms with E-state index in [0.717, 1.165) is 11.5 Å². The highest BCUT2D eigenvalue weighted by atomic mass is 32.1. The average molecular weight is 152 g/mol. The first kappa shape index (κ1) is 6.25. The molecule has 1 aliphatic heterocycles. The Bertz CT molecular complexity index is 243. The lowest BCUT2D eigenvalue weighted by molar-refractivity contribution is 0.415. The molecule has 1 nitrogen and oxygen atoms in total. The molecule has 0 amide bonds. The lowest BCUT2D eigenvalue weighted by Gasteiger charge is -1.94. The molecule has 0 spiro atoms. The van der Waals surface area contributed by atoms with Gasteiger partial charge < -0.3 is 4.74 Å². The summed E-state index contributed by atoms with van der Waals surface area (Å²) in [6.45, 7) is 0.872. The Morgan fingerprint density at radius 2 is 2.30 bits per heavy atom. The molecule has 10 heavy (non-hydrogen) atoms. The second-order valence-corrected chi connectivity index (χ2v) is 2.93. The minimum Gasteiger partial charge on any atom is -0.368 e. The molecule has 0 aromatic heterocycles. The maximum Gasteiger partial charge on any atom is 0.106 e. The van der Waals surface area contributed by atoms with Crippen LogP contribution in [-0.2, 0) is 4.74 Å². The molecule has 1 saturated heterocycles. The van der Waals surface area contributed by atoms with E-state index >= 15 is 0 Å². The smallest absolute Gasteiger partial charge is 0.106 e. The van der Waals surface area contributed by atoms with Crippen molar-refractivity contribution in [3.63, 3.8) is 0 Å². The summed E-state index contributed by atoms with van der Waals surface area (Å²) in [4.78, 5) is 1.01. The fraction of sp³-hybridized carbons (Fsp3) is 0.250. The van der Waals surface area contributed by atoms with Crippen molar-refractivity contribution < 1.29 is 4.74 Å². The molecule has 2 rings (SSSR count). The highest BCUT2D eigenvalue weighted by molar-refractivity contribution is 7.80. The summed E-state index contributed by atoms with van der Waals surface area (Å²) in [5.74, 6) is 0. The predicted octanol–water partition coefficient (Wildman–Crippen LogP) is 2.05. The number of hydrogen-bond acceptors (Lipinski definition) is 2. The average Bonchev–Trinajstić information content (AvgIpc) is 2.68. The van der Waals surface area contributed by atoms with E-state index in [1.807, 2.05) is 18.2 Å². The molecule has 52 valence electrons. The first-order valence-electron chi connectivity index (χ1n) is 3.27. The summed E-state index contributed by atoms with van der Waals surface area (Å²) < 4.78 is 5.12. The van der Waals surface area contributed by atoms with Crippen molar-refractivity contribution >= 4 is 12.6 Å². The fourth-order valence-corrected chi connectivity index (χ4v) is 1.20. The van der Waals surface area contributed by atoms with Crippen molar-refractivity contribution in [1.82, 2.24) is 0 Å². The van der Waals surface area contributed by atoms with Gasteiger partial charge >= 0.3 is 0 Å². The molecule has 1 atom stereocenters. The summed E-state index contributed by atoms with van der Waals surface area (Å²) in [5.41, 5.74) is 1.24. The fourth-order valence-electron chi connectivity index (χ4n) is 0.966. The Morgan fingerprint density at radius 3 is 2.90 bits per heavy atom. The van der Waals surface area contributed by atoms with Crippen LogP contribution in [0.3, 0.4) is 0 Å². The Balaban J connectivity index is 2.32. The topological polar surface area (TPSA) is 12.5 Å². The number of rotatable bonds is 1. The molecular weight excluding hydrogens is 144 g/mol. The first-order chi connectivity index (χ1) is 4.86. The molecule has 0 saturated carbocycles. The van der Waals surface area contributed by atoms with Crippen molar-refractivity contribution in [3.8, 4) is 0 Å². The first-order valence-corrected chi connectivity index (χ1v) is 3.71. The van der Waals surface area contributed by atoms with E-state index in [1.54, 1.807) is 0 Å². The number of ether oxygens (including phenoxy) is 1. The van der Waals surface area contributed by atoms with Gasteiger partial charge in [-0.3, -0.25) is 0 Å². The third-order valence-corrected chi connectivity index (χ3v) is 1.85. The summed E-state index contributed by atoms with van der Waals surface area (Å²) in [5, 5.41) is 0. The van der Waals surface area contributed by atoms with Crippen LogP contribution in [0.1, 0.15) is 11.7 Å². The van der Waals surface area contributed by atoms with Crippen LogP contribution in [-0.4, -0.2) is 6.61 Å².